The Morgan fingerprint density at radius 2 is 1.76 bits per heavy atom. The van der Waals surface area contributed by atoms with Crippen molar-refractivity contribution < 1.29 is 37.0 Å². The van der Waals surface area contributed by atoms with Crippen LogP contribution in [0.4, 0.5) is 4.79 Å². The fourth-order valence-corrected chi connectivity index (χ4v) is 7.29. The number of ether oxygens (including phenoxy) is 4. The number of sulfonamides is 1. The van der Waals surface area contributed by atoms with Gasteiger partial charge in [0.1, 0.15) is 16.2 Å². The summed E-state index contributed by atoms with van der Waals surface area (Å²) in [6, 6.07) is 9.41. The molecule has 0 aliphatic carbocycles. The van der Waals surface area contributed by atoms with E-state index in [4.69, 9.17) is 18.9 Å². The highest BCUT2D eigenvalue weighted by Crippen LogP contribution is 2.42. The lowest BCUT2D eigenvalue weighted by Gasteiger charge is -2.39. The minimum absolute atomic E-state index is 0.0195. The molecular formula is C30H38N2O8S. The minimum Gasteiger partial charge on any atom is -0.495 e. The van der Waals surface area contributed by atoms with Crippen LogP contribution in [0.15, 0.2) is 47.5 Å². The Bertz CT molecular complexity index is 1540. The predicted octanol–water partition coefficient (Wildman–Crippen LogP) is 5.46. The maximum Gasteiger partial charge on any atom is 0.419 e. The Balaban J connectivity index is 1.85. The molecule has 41 heavy (non-hydrogen) atoms. The van der Waals surface area contributed by atoms with Crippen molar-refractivity contribution in [2.24, 2.45) is 0 Å². The average Bonchev–Trinajstić information content (AvgIpc) is 3.37. The zero-order chi connectivity index (χ0) is 30.1. The third-order valence-corrected chi connectivity index (χ3v) is 9.07. The molecule has 1 aliphatic rings. The molecule has 0 spiro atoms. The number of aromatic nitrogens is 1. The van der Waals surface area contributed by atoms with Gasteiger partial charge in [-0.05, 0) is 82.9 Å². The van der Waals surface area contributed by atoms with Gasteiger partial charge in [-0.1, -0.05) is 12.1 Å². The van der Waals surface area contributed by atoms with Gasteiger partial charge in [0, 0.05) is 24.7 Å². The van der Waals surface area contributed by atoms with Crippen molar-refractivity contribution in [2.75, 3.05) is 27.4 Å². The average molecular weight is 587 g/mol. The van der Waals surface area contributed by atoms with Gasteiger partial charge in [0.15, 0.2) is 0 Å². The first kappa shape index (κ1) is 30.5. The second-order valence-corrected chi connectivity index (χ2v) is 12.8. The fraction of sp³-hybridized carbons (Fsp3) is 0.467. The summed E-state index contributed by atoms with van der Waals surface area (Å²) in [6.45, 7) is 9.73. The first-order chi connectivity index (χ1) is 19.3. The number of rotatable bonds is 7. The SMILES string of the molecule is CCO[C@@H]1CCN(S(=O)(=O)c2c(OC)cc(C)c3c2ccn3C(=O)OC(C)(C)C)[C@H](c2ccc(C(=O)OC)cc2)C1. The Hall–Kier alpha value is -3.41. The Morgan fingerprint density at radius 3 is 2.34 bits per heavy atom. The first-order valence-electron chi connectivity index (χ1n) is 13.6. The van der Waals surface area contributed by atoms with E-state index in [-0.39, 0.29) is 23.3 Å². The highest BCUT2D eigenvalue weighted by Gasteiger charge is 2.41. The van der Waals surface area contributed by atoms with Crippen LogP contribution in [0.3, 0.4) is 0 Å². The number of nitrogens with zero attached hydrogens (tertiary/aromatic N) is 2. The van der Waals surface area contributed by atoms with Crippen LogP contribution in [0, 0.1) is 6.92 Å². The molecule has 1 aromatic heterocycles. The molecule has 0 radical (unpaired) electrons. The van der Waals surface area contributed by atoms with Gasteiger partial charge >= 0.3 is 12.1 Å². The third kappa shape index (κ3) is 6.12. The van der Waals surface area contributed by atoms with Gasteiger partial charge in [-0.25, -0.2) is 18.0 Å². The maximum absolute atomic E-state index is 14.6. The first-order valence-corrected chi connectivity index (χ1v) is 15.0. The Kier molecular flexibility index (Phi) is 8.81. The van der Waals surface area contributed by atoms with Crippen molar-refractivity contribution in [1.29, 1.82) is 0 Å². The van der Waals surface area contributed by atoms with Gasteiger partial charge in [-0.2, -0.15) is 4.31 Å². The number of hydrogen-bond acceptors (Lipinski definition) is 8. The number of hydrogen-bond donors (Lipinski definition) is 0. The lowest BCUT2D eigenvalue weighted by Crippen LogP contribution is -2.43. The topological polar surface area (TPSA) is 113 Å². The number of carbonyl (C=O) groups is 2. The molecule has 2 aromatic carbocycles. The summed E-state index contributed by atoms with van der Waals surface area (Å²) in [5, 5.41) is 0.361. The Labute approximate surface area is 241 Å². The van der Waals surface area contributed by atoms with E-state index in [2.05, 4.69) is 0 Å². The monoisotopic (exact) mass is 586 g/mol. The maximum atomic E-state index is 14.6. The van der Waals surface area contributed by atoms with Crippen LogP contribution in [0.2, 0.25) is 0 Å². The van der Waals surface area contributed by atoms with Gasteiger partial charge in [0.25, 0.3) is 0 Å². The van der Waals surface area contributed by atoms with E-state index in [9.17, 15) is 18.0 Å². The lowest BCUT2D eigenvalue weighted by atomic mass is 9.94. The molecule has 2 atom stereocenters. The quantitative estimate of drug-likeness (QED) is 0.336. The molecule has 0 unspecified atom stereocenters. The summed E-state index contributed by atoms with van der Waals surface area (Å²) in [7, 11) is -1.43. The van der Waals surface area contributed by atoms with Crippen LogP contribution in [-0.4, -0.2) is 68.4 Å². The van der Waals surface area contributed by atoms with Crippen LogP contribution >= 0.6 is 0 Å². The van der Waals surface area contributed by atoms with Gasteiger partial charge < -0.3 is 18.9 Å². The van der Waals surface area contributed by atoms with Crippen molar-refractivity contribution in [3.05, 3.63) is 59.3 Å². The van der Waals surface area contributed by atoms with E-state index < -0.39 is 33.7 Å². The van der Waals surface area contributed by atoms with Crippen LogP contribution in [0.1, 0.15) is 68.1 Å². The van der Waals surface area contributed by atoms with Crippen LogP contribution in [-0.2, 0) is 24.2 Å². The fourth-order valence-electron chi connectivity index (χ4n) is 5.33. The van der Waals surface area contributed by atoms with Crippen molar-refractivity contribution in [3.8, 4) is 5.75 Å². The highest BCUT2D eigenvalue weighted by atomic mass is 32.2. The normalized spacial score (nSPS) is 18.3. The van der Waals surface area contributed by atoms with Crippen molar-refractivity contribution in [1.82, 2.24) is 8.87 Å². The number of piperidine rings is 1. The molecule has 0 saturated carbocycles. The van der Waals surface area contributed by atoms with Gasteiger partial charge in [0.2, 0.25) is 10.0 Å². The molecule has 10 nitrogen and oxygen atoms in total. The van der Waals surface area contributed by atoms with E-state index in [0.29, 0.717) is 41.5 Å². The lowest BCUT2D eigenvalue weighted by molar-refractivity contribution is 0.0108. The number of benzene rings is 2. The van der Waals surface area contributed by atoms with Crippen molar-refractivity contribution in [2.45, 2.75) is 70.1 Å². The number of aryl methyl sites for hydroxylation is 1. The molecule has 11 heteroatoms. The molecule has 0 N–H and O–H groups in total. The molecule has 1 aliphatic heterocycles. The summed E-state index contributed by atoms with van der Waals surface area (Å²) in [5.41, 5.74) is 1.45. The predicted molar refractivity (Wildman–Crippen MR) is 154 cm³/mol. The second kappa shape index (κ2) is 11.8. The van der Waals surface area contributed by atoms with Crippen molar-refractivity contribution in [3.63, 3.8) is 0 Å². The molecule has 0 amide bonds. The largest absolute Gasteiger partial charge is 0.495 e. The number of esters is 1. The summed E-state index contributed by atoms with van der Waals surface area (Å²) in [6.07, 6.45) is 1.73. The van der Waals surface area contributed by atoms with E-state index in [1.807, 2.05) is 6.92 Å². The highest BCUT2D eigenvalue weighted by molar-refractivity contribution is 7.89. The molecule has 0 bridgehead atoms. The summed E-state index contributed by atoms with van der Waals surface area (Å²) in [5.74, 6) is -0.290. The minimum atomic E-state index is -4.17. The van der Waals surface area contributed by atoms with Gasteiger partial charge in [-0.3, -0.25) is 4.57 Å². The zero-order valence-electron chi connectivity index (χ0n) is 24.6. The van der Waals surface area contributed by atoms with E-state index >= 15 is 0 Å². The van der Waals surface area contributed by atoms with Gasteiger partial charge in [0.05, 0.1) is 37.4 Å². The molecular weight excluding hydrogens is 548 g/mol. The molecule has 222 valence electrons. The second-order valence-electron chi connectivity index (χ2n) is 11.0. The van der Waals surface area contributed by atoms with Crippen LogP contribution in [0.25, 0.3) is 10.9 Å². The summed E-state index contributed by atoms with van der Waals surface area (Å²) < 4.78 is 53.8. The zero-order valence-corrected chi connectivity index (χ0v) is 25.4. The molecule has 1 saturated heterocycles. The molecule has 1 fully saturated rings. The molecule has 4 rings (SSSR count). The standard InChI is InChI=1S/C30H38N2O8S/c1-8-39-22-13-16-32(24(18-22)20-9-11-21(12-10-20)28(33)38-7)41(35,36)27-23-14-15-31(29(34)40-30(3,4)5)26(23)19(2)17-25(27)37-6/h9-12,14-15,17,22,24H,8,13,16,18H2,1-7H3/t22-,24+/m1/s1. The summed E-state index contributed by atoms with van der Waals surface area (Å²) in [4.78, 5) is 25.0. The summed E-state index contributed by atoms with van der Waals surface area (Å²) >= 11 is 0. The van der Waals surface area contributed by atoms with Crippen LogP contribution < -0.4 is 4.74 Å². The number of methoxy groups -OCH3 is 2. The van der Waals surface area contributed by atoms with Gasteiger partial charge in [-0.15, -0.1) is 0 Å². The van der Waals surface area contributed by atoms with Crippen LogP contribution in [0.5, 0.6) is 5.75 Å². The molecule has 2 heterocycles. The van der Waals surface area contributed by atoms with Crippen molar-refractivity contribution >= 4 is 33.0 Å². The smallest absolute Gasteiger partial charge is 0.419 e. The number of fused-ring (bicyclic) bond motifs is 1. The third-order valence-electron chi connectivity index (χ3n) is 7.08. The van der Waals surface area contributed by atoms with E-state index in [0.717, 1.165) is 5.56 Å². The van der Waals surface area contributed by atoms with E-state index in [1.165, 1.54) is 29.3 Å². The van der Waals surface area contributed by atoms with E-state index in [1.54, 1.807) is 64.1 Å². The Morgan fingerprint density at radius 1 is 1.07 bits per heavy atom. The number of carbonyl (C=O) groups excluding carboxylic acids is 2. The molecule has 3 aromatic rings.